The zero-order valence-electron chi connectivity index (χ0n) is 22.7. The molecular weight excluding hydrogens is 420 g/mol. The van der Waals surface area contributed by atoms with Crippen molar-refractivity contribution in [2.45, 2.75) is 136 Å². The van der Waals surface area contributed by atoms with Crippen molar-refractivity contribution in [3.05, 3.63) is 34.9 Å². The summed E-state index contributed by atoms with van der Waals surface area (Å²) in [7, 11) is -1.84. The van der Waals surface area contributed by atoms with Gasteiger partial charge in [-0.25, -0.2) is 0 Å². The first kappa shape index (κ1) is 26.4. The molecule has 2 nitrogen and oxygen atoms in total. The molecule has 1 aromatic carbocycles. The van der Waals surface area contributed by atoms with Gasteiger partial charge in [0.05, 0.1) is 0 Å². The van der Waals surface area contributed by atoms with Crippen molar-refractivity contribution in [2.24, 2.45) is 5.92 Å². The molecule has 0 bridgehead atoms. The molecule has 0 aromatic heterocycles. The standard InChI is InChI=1S/C30H50O2Si/c1-8-12-13-14-24-21-27-29(25-20-23(5)15-16-26(25)30(6,7)31-27)28(22-24)32-33(17-9-2,18-10-3)19-11-4/h20-22,25-26H,8-19H2,1-7H3/t25-,26-/m1/s1. The van der Waals surface area contributed by atoms with Gasteiger partial charge in [-0.2, -0.15) is 0 Å². The largest absolute Gasteiger partial charge is 0.543 e. The first-order valence-corrected chi connectivity index (χ1v) is 16.5. The van der Waals surface area contributed by atoms with E-state index in [9.17, 15) is 0 Å². The van der Waals surface area contributed by atoms with Crippen molar-refractivity contribution in [3.8, 4) is 11.5 Å². The zero-order chi connectivity index (χ0) is 24.1. The van der Waals surface area contributed by atoms with Gasteiger partial charge in [0.2, 0.25) is 0 Å². The summed E-state index contributed by atoms with van der Waals surface area (Å²) in [4.78, 5) is 0. The maximum Gasteiger partial charge on any atom is 0.251 e. The fourth-order valence-corrected chi connectivity index (χ4v) is 10.9. The van der Waals surface area contributed by atoms with Gasteiger partial charge in [0.15, 0.2) is 0 Å². The van der Waals surface area contributed by atoms with Gasteiger partial charge in [0, 0.05) is 17.4 Å². The van der Waals surface area contributed by atoms with Crippen LogP contribution in [0.25, 0.3) is 0 Å². The molecule has 3 rings (SSSR count). The number of allylic oxidation sites excluding steroid dienone is 2. The second kappa shape index (κ2) is 11.5. The number of ether oxygens (including phenoxy) is 1. The summed E-state index contributed by atoms with van der Waals surface area (Å²) in [6.07, 6.45) is 13.5. The van der Waals surface area contributed by atoms with Crippen LogP contribution in [0.4, 0.5) is 0 Å². The van der Waals surface area contributed by atoms with Crippen molar-refractivity contribution < 1.29 is 9.16 Å². The SMILES string of the molecule is CCCCCc1cc2c(c(O[Si](CCC)(CCC)CCC)c1)[C@@H]1C=C(C)CC[C@H]1C(C)(C)O2. The lowest BCUT2D eigenvalue weighted by atomic mass is 9.68. The third kappa shape index (κ3) is 6.07. The van der Waals surface area contributed by atoms with E-state index >= 15 is 0 Å². The fraction of sp³-hybridized carbons (Fsp3) is 0.733. The predicted molar refractivity (Wildman–Crippen MR) is 145 cm³/mol. The van der Waals surface area contributed by atoms with E-state index in [2.05, 4.69) is 66.7 Å². The Morgan fingerprint density at radius 1 is 0.970 bits per heavy atom. The number of hydrogen-bond donors (Lipinski definition) is 0. The second-order valence-corrected chi connectivity index (χ2v) is 15.5. The first-order chi connectivity index (χ1) is 15.8. The quantitative estimate of drug-likeness (QED) is 0.172. The molecular formula is C30H50O2Si. The van der Waals surface area contributed by atoms with Crippen LogP contribution >= 0.6 is 0 Å². The van der Waals surface area contributed by atoms with Crippen molar-refractivity contribution in [3.63, 3.8) is 0 Å². The van der Waals surface area contributed by atoms with Crippen LogP contribution in [0.1, 0.15) is 117 Å². The molecule has 0 fully saturated rings. The van der Waals surface area contributed by atoms with E-state index in [1.54, 1.807) is 0 Å². The number of benzene rings is 1. The van der Waals surface area contributed by atoms with E-state index in [0.29, 0.717) is 11.8 Å². The minimum atomic E-state index is -1.84. The number of fused-ring (bicyclic) bond motifs is 3. The average molecular weight is 471 g/mol. The van der Waals surface area contributed by atoms with Gasteiger partial charge >= 0.3 is 0 Å². The Morgan fingerprint density at radius 2 is 1.64 bits per heavy atom. The monoisotopic (exact) mass is 470 g/mol. The van der Waals surface area contributed by atoms with Gasteiger partial charge < -0.3 is 9.16 Å². The molecule has 0 radical (unpaired) electrons. The lowest BCUT2D eigenvalue weighted by Gasteiger charge is -2.47. The van der Waals surface area contributed by atoms with E-state index in [1.165, 1.54) is 91.9 Å². The molecule has 0 unspecified atom stereocenters. The molecule has 1 aliphatic carbocycles. The Morgan fingerprint density at radius 3 is 2.24 bits per heavy atom. The molecule has 3 heteroatoms. The van der Waals surface area contributed by atoms with E-state index in [1.807, 2.05) is 0 Å². The highest BCUT2D eigenvalue weighted by Gasteiger charge is 2.46. The summed E-state index contributed by atoms with van der Waals surface area (Å²) in [6, 6.07) is 8.57. The second-order valence-electron chi connectivity index (χ2n) is 11.4. The van der Waals surface area contributed by atoms with Crippen molar-refractivity contribution in [1.82, 2.24) is 0 Å². The van der Waals surface area contributed by atoms with Crippen LogP contribution in [-0.2, 0) is 6.42 Å². The highest BCUT2D eigenvalue weighted by molar-refractivity contribution is 6.74. The number of unbranched alkanes of at least 4 members (excludes halogenated alkanes) is 2. The summed E-state index contributed by atoms with van der Waals surface area (Å²) in [5.41, 5.74) is 4.14. The molecule has 0 saturated heterocycles. The van der Waals surface area contributed by atoms with E-state index in [0.717, 1.165) is 12.2 Å². The van der Waals surface area contributed by atoms with Crippen LogP contribution in [0.3, 0.4) is 0 Å². The molecule has 0 spiro atoms. The van der Waals surface area contributed by atoms with Crippen LogP contribution in [0, 0.1) is 5.92 Å². The van der Waals surface area contributed by atoms with Gasteiger partial charge in [0.25, 0.3) is 8.32 Å². The topological polar surface area (TPSA) is 18.5 Å². The summed E-state index contributed by atoms with van der Waals surface area (Å²) in [5.74, 6) is 3.21. The third-order valence-electron chi connectivity index (χ3n) is 8.02. The molecule has 1 aromatic rings. The first-order valence-electron chi connectivity index (χ1n) is 14.0. The van der Waals surface area contributed by atoms with Gasteiger partial charge in [-0.3, -0.25) is 0 Å². The predicted octanol–water partition coefficient (Wildman–Crippen LogP) is 9.58. The summed E-state index contributed by atoms with van der Waals surface area (Å²) < 4.78 is 14.2. The fourth-order valence-electron chi connectivity index (χ4n) is 6.50. The zero-order valence-corrected chi connectivity index (χ0v) is 23.7. The highest BCUT2D eigenvalue weighted by atomic mass is 28.4. The molecule has 33 heavy (non-hydrogen) atoms. The number of aryl methyl sites for hydroxylation is 1. The van der Waals surface area contributed by atoms with Crippen LogP contribution in [0.5, 0.6) is 11.5 Å². The highest BCUT2D eigenvalue weighted by Crippen LogP contribution is 2.54. The van der Waals surface area contributed by atoms with Gasteiger partial charge in [-0.15, -0.1) is 0 Å². The molecule has 2 atom stereocenters. The van der Waals surface area contributed by atoms with Crippen molar-refractivity contribution >= 4 is 8.32 Å². The Labute approximate surface area is 205 Å². The normalized spacial score (nSPS) is 21.6. The molecule has 0 amide bonds. The number of rotatable bonds is 12. The van der Waals surface area contributed by atoms with Crippen LogP contribution in [0.15, 0.2) is 23.8 Å². The summed E-state index contributed by atoms with van der Waals surface area (Å²) >= 11 is 0. The van der Waals surface area contributed by atoms with Gasteiger partial charge in [-0.1, -0.05) is 71.4 Å². The van der Waals surface area contributed by atoms with Crippen molar-refractivity contribution in [1.29, 1.82) is 0 Å². The van der Waals surface area contributed by atoms with Gasteiger partial charge in [0.1, 0.15) is 17.1 Å². The van der Waals surface area contributed by atoms with E-state index < -0.39 is 8.32 Å². The Hall–Kier alpha value is -1.22. The minimum absolute atomic E-state index is 0.140. The lowest BCUT2D eigenvalue weighted by Crippen LogP contribution is -2.46. The van der Waals surface area contributed by atoms with E-state index in [-0.39, 0.29) is 5.60 Å². The average Bonchev–Trinajstić information content (AvgIpc) is 2.73. The van der Waals surface area contributed by atoms with Crippen LogP contribution in [-0.4, -0.2) is 13.9 Å². The maximum atomic E-state index is 7.35. The Bertz CT molecular complexity index is 793. The molecule has 0 saturated carbocycles. The lowest BCUT2D eigenvalue weighted by molar-refractivity contribution is 0.0110. The Kier molecular flexibility index (Phi) is 9.17. The summed E-state index contributed by atoms with van der Waals surface area (Å²) in [5, 5.41) is 0. The molecule has 186 valence electrons. The molecule has 0 N–H and O–H groups in total. The molecule has 1 aliphatic heterocycles. The minimum Gasteiger partial charge on any atom is -0.543 e. The maximum absolute atomic E-state index is 7.35. The van der Waals surface area contributed by atoms with Crippen LogP contribution < -0.4 is 9.16 Å². The van der Waals surface area contributed by atoms with Crippen molar-refractivity contribution in [2.75, 3.05) is 0 Å². The van der Waals surface area contributed by atoms with Crippen LogP contribution in [0.2, 0.25) is 18.1 Å². The molecule has 1 heterocycles. The summed E-state index contributed by atoms with van der Waals surface area (Å²) in [6.45, 7) is 16.2. The molecule has 2 aliphatic rings. The van der Waals surface area contributed by atoms with E-state index in [4.69, 9.17) is 9.16 Å². The number of hydrogen-bond acceptors (Lipinski definition) is 2. The Balaban J connectivity index is 2.13. The van der Waals surface area contributed by atoms with Gasteiger partial charge in [-0.05, 0) is 82.3 Å². The smallest absolute Gasteiger partial charge is 0.251 e. The third-order valence-corrected chi connectivity index (χ3v) is 12.9.